The summed E-state index contributed by atoms with van der Waals surface area (Å²) in [4.78, 5) is 23.8. The first-order valence-electron chi connectivity index (χ1n) is 9.41. The summed E-state index contributed by atoms with van der Waals surface area (Å²) in [6.45, 7) is 3.74. The van der Waals surface area contributed by atoms with Crippen molar-refractivity contribution in [3.8, 4) is 5.75 Å². The Kier molecular flexibility index (Phi) is 5.36. The number of carbonyl (C=O) groups is 1. The summed E-state index contributed by atoms with van der Waals surface area (Å²) < 4.78 is 12.1. The monoisotopic (exact) mass is 407 g/mol. The fourth-order valence-electron chi connectivity index (χ4n) is 3.43. The lowest BCUT2D eigenvalue weighted by molar-refractivity contribution is -0.123. The Morgan fingerprint density at radius 3 is 2.86 bits per heavy atom. The summed E-state index contributed by atoms with van der Waals surface area (Å²) in [5.74, 6) is 0.292. The molecule has 148 valence electrons. The highest BCUT2D eigenvalue weighted by atomic mass is 32.1. The topological polar surface area (TPSA) is 68.5 Å². The Balaban J connectivity index is 1.36. The molecule has 2 heterocycles. The number of nitrogens with one attached hydrogen (secondary N) is 1. The zero-order valence-corrected chi connectivity index (χ0v) is 17.0. The van der Waals surface area contributed by atoms with Crippen LogP contribution in [0.4, 0.5) is 0 Å². The van der Waals surface area contributed by atoms with Gasteiger partial charge in [0.2, 0.25) is 0 Å². The van der Waals surface area contributed by atoms with E-state index < -0.39 is 5.63 Å². The predicted octanol–water partition coefficient (Wildman–Crippen LogP) is 4.44. The SMILES string of the molecule is Cc1cc(=O)oc2cc(OCC(=O)N[C@H](C)Cc3csc4ccccc34)ccc12. The normalized spacial score (nSPS) is 12.2. The molecular weight excluding hydrogens is 386 g/mol. The average molecular weight is 407 g/mol. The van der Waals surface area contributed by atoms with Crippen molar-refractivity contribution in [2.45, 2.75) is 26.3 Å². The van der Waals surface area contributed by atoms with Gasteiger partial charge in [0.05, 0.1) is 0 Å². The number of benzene rings is 2. The molecular formula is C23H21NO4S. The van der Waals surface area contributed by atoms with Gasteiger partial charge in [-0.15, -0.1) is 11.3 Å². The molecule has 2 aromatic heterocycles. The molecule has 5 nitrogen and oxygen atoms in total. The lowest BCUT2D eigenvalue weighted by atomic mass is 10.1. The maximum Gasteiger partial charge on any atom is 0.336 e. The van der Waals surface area contributed by atoms with E-state index in [1.165, 1.54) is 21.7 Å². The standard InChI is InChI=1S/C23H21NO4S/c1-14-9-23(26)28-20-11-17(7-8-18(14)20)27-12-22(25)24-15(2)10-16-13-29-21-6-4-3-5-19(16)21/h3-9,11,13,15H,10,12H2,1-2H3,(H,24,25)/t15-/m1/s1. The molecule has 2 aromatic carbocycles. The van der Waals surface area contributed by atoms with Gasteiger partial charge in [-0.25, -0.2) is 4.79 Å². The molecule has 0 aliphatic carbocycles. The minimum atomic E-state index is -0.403. The van der Waals surface area contributed by atoms with Crippen LogP contribution >= 0.6 is 11.3 Å². The molecule has 0 spiro atoms. The second-order valence-electron chi connectivity index (χ2n) is 7.12. The van der Waals surface area contributed by atoms with Crippen LogP contribution in [-0.4, -0.2) is 18.6 Å². The van der Waals surface area contributed by atoms with Gasteiger partial charge in [0, 0.05) is 28.3 Å². The van der Waals surface area contributed by atoms with Crippen molar-refractivity contribution in [3.63, 3.8) is 0 Å². The third-order valence-corrected chi connectivity index (χ3v) is 5.80. The molecule has 1 N–H and O–H groups in total. The van der Waals surface area contributed by atoms with E-state index in [1.807, 2.05) is 32.0 Å². The van der Waals surface area contributed by atoms with Gasteiger partial charge in [-0.3, -0.25) is 4.79 Å². The van der Waals surface area contributed by atoms with E-state index in [0.717, 1.165) is 17.4 Å². The van der Waals surface area contributed by atoms with Gasteiger partial charge < -0.3 is 14.5 Å². The minimum absolute atomic E-state index is 0.0126. The van der Waals surface area contributed by atoms with Crippen molar-refractivity contribution in [1.29, 1.82) is 0 Å². The van der Waals surface area contributed by atoms with Gasteiger partial charge in [-0.2, -0.15) is 0 Å². The van der Waals surface area contributed by atoms with E-state index in [1.54, 1.807) is 23.5 Å². The zero-order chi connectivity index (χ0) is 20.4. The van der Waals surface area contributed by atoms with Gasteiger partial charge in [0.25, 0.3) is 5.91 Å². The summed E-state index contributed by atoms with van der Waals surface area (Å²) in [5.41, 5.74) is 2.12. The minimum Gasteiger partial charge on any atom is -0.484 e. The number of thiophene rings is 1. The number of hydrogen-bond donors (Lipinski definition) is 1. The maximum atomic E-state index is 12.3. The Morgan fingerprint density at radius 1 is 1.17 bits per heavy atom. The van der Waals surface area contributed by atoms with Crippen LogP contribution in [-0.2, 0) is 11.2 Å². The molecule has 1 atom stereocenters. The fraction of sp³-hybridized carbons (Fsp3) is 0.217. The Hall–Kier alpha value is -3.12. The highest BCUT2D eigenvalue weighted by Crippen LogP contribution is 2.26. The van der Waals surface area contributed by atoms with Crippen molar-refractivity contribution >= 4 is 38.3 Å². The summed E-state index contributed by atoms with van der Waals surface area (Å²) in [7, 11) is 0. The molecule has 0 saturated heterocycles. The summed E-state index contributed by atoms with van der Waals surface area (Å²) in [6.07, 6.45) is 0.760. The third kappa shape index (κ3) is 4.32. The molecule has 0 radical (unpaired) electrons. The number of rotatable bonds is 6. The second kappa shape index (κ2) is 8.09. The van der Waals surface area contributed by atoms with Gasteiger partial charge in [-0.05, 0) is 60.4 Å². The van der Waals surface area contributed by atoms with Crippen LogP contribution in [0.25, 0.3) is 21.1 Å². The summed E-state index contributed by atoms with van der Waals surface area (Å²) in [5, 5.41) is 7.21. The van der Waals surface area contributed by atoms with Crippen LogP contribution in [0.2, 0.25) is 0 Å². The van der Waals surface area contributed by atoms with Gasteiger partial charge in [0.15, 0.2) is 6.61 Å². The Bertz CT molecular complexity index is 1240. The average Bonchev–Trinajstić information content (AvgIpc) is 3.09. The molecule has 4 aromatic rings. The van der Waals surface area contributed by atoms with E-state index in [9.17, 15) is 9.59 Å². The lowest BCUT2D eigenvalue weighted by Gasteiger charge is -2.14. The highest BCUT2D eigenvalue weighted by molar-refractivity contribution is 7.17. The van der Waals surface area contributed by atoms with Crippen molar-refractivity contribution in [2.24, 2.45) is 0 Å². The Morgan fingerprint density at radius 2 is 2.00 bits per heavy atom. The molecule has 0 aliphatic rings. The molecule has 1 amide bonds. The van der Waals surface area contributed by atoms with E-state index in [0.29, 0.717) is 11.3 Å². The maximum absolute atomic E-state index is 12.3. The number of fused-ring (bicyclic) bond motifs is 2. The van der Waals surface area contributed by atoms with Crippen molar-refractivity contribution in [2.75, 3.05) is 6.61 Å². The van der Waals surface area contributed by atoms with Gasteiger partial charge in [-0.1, -0.05) is 18.2 Å². The quantitative estimate of drug-likeness (QED) is 0.480. The van der Waals surface area contributed by atoms with Crippen LogP contribution < -0.4 is 15.7 Å². The van der Waals surface area contributed by atoms with E-state index in [2.05, 4.69) is 22.8 Å². The van der Waals surface area contributed by atoms with Crippen LogP contribution in [0.3, 0.4) is 0 Å². The first-order chi connectivity index (χ1) is 14.0. The van der Waals surface area contributed by atoms with Crippen molar-refractivity contribution < 1.29 is 13.9 Å². The second-order valence-corrected chi connectivity index (χ2v) is 8.04. The molecule has 0 bridgehead atoms. The van der Waals surface area contributed by atoms with E-state index >= 15 is 0 Å². The van der Waals surface area contributed by atoms with Gasteiger partial charge >= 0.3 is 5.63 Å². The van der Waals surface area contributed by atoms with Crippen molar-refractivity contribution in [1.82, 2.24) is 5.32 Å². The molecule has 0 unspecified atom stereocenters. The predicted molar refractivity (Wildman–Crippen MR) is 116 cm³/mol. The lowest BCUT2D eigenvalue weighted by Crippen LogP contribution is -2.37. The van der Waals surface area contributed by atoms with Gasteiger partial charge in [0.1, 0.15) is 11.3 Å². The van der Waals surface area contributed by atoms with Crippen LogP contribution in [0.5, 0.6) is 5.75 Å². The zero-order valence-electron chi connectivity index (χ0n) is 16.2. The number of ether oxygens (including phenoxy) is 1. The molecule has 0 saturated carbocycles. The highest BCUT2D eigenvalue weighted by Gasteiger charge is 2.12. The van der Waals surface area contributed by atoms with Crippen LogP contribution in [0, 0.1) is 6.92 Å². The van der Waals surface area contributed by atoms with Crippen molar-refractivity contribution in [3.05, 3.63) is 75.5 Å². The molecule has 0 aliphatic heterocycles. The molecule has 4 rings (SSSR count). The molecule has 29 heavy (non-hydrogen) atoms. The fourth-order valence-corrected chi connectivity index (χ4v) is 4.41. The van der Waals surface area contributed by atoms with E-state index in [4.69, 9.17) is 9.15 Å². The number of hydrogen-bond acceptors (Lipinski definition) is 5. The van der Waals surface area contributed by atoms with E-state index in [-0.39, 0.29) is 18.6 Å². The number of amides is 1. The largest absolute Gasteiger partial charge is 0.484 e. The van der Waals surface area contributed by atoms with Crippen LogP contribution in [0.1, 0.15) is 18.1 Å². The number of aryl methyl sites for hydroxylation is 1. The number of carbonyl (C=O) groups excluding carboxylic acids is 1. The summed E-state index contributed by atoms with van der Waals surface area (Å²) in [6, 6.07) is 14.9. The van der Waals surface area contributed by atoms with Crippen LogP contribution in [0.15, 0.2) is 63.1 Å². The first-order valence-corrected chi connectivity index (χ1v) is 10.3. The molecule has 6 heteroatoms. The Labute approximate surface area is 171 Å². The molecule has 0 fully saturated rings. The third-order valence-electron chi connectivity index (χ3n) is 4.79. The summed E-state index contributed by atoms with van der Waals surface area (Å²) >= 11 is 1.72. The smallest absolute Gasteiger partial charge is 0.336 e. The first kappa shape index (κ1) is 19.2.